The van der Waals surface area contributed by atoms with Crippen molar-refractivity contribution in [2.45, 2.75) is 6.04 Å². The van der Waals surface area contributed by atoms with E-state index in [-0.39, 0.29) is 6.04 Å². The van der Waals surface area contributed by atoms with Crippen molar-refractivity contribution in [2.75, 3.05) is 0 Å². The fraction of sp³-hybridized carbons (Fsp3) is 0.0833. The average molecular weight is 342 g/mol. The van der Waals surface area contributed by atoms with Gasteiger partial charge in [-0.25, -0.2) is 0 Å². The van der Waals surface area contributed by atoms with E-state index in [2.05, 4.69) is 36.8 Å². The predicted octanol–water partition coefficient (Wildman–Crippen LogP) is 3.65. The molecule has 0 radical (unpaired) electrons. The van der Waals surface area contributed by atoms with Gasteiger partial charge in [0, 0.05) is 21.3 Å². The van der Waals surface area contributed by atoms with E-state index in [1.54, 1.807) is 12.4 Å². The molecule has 1 aromatic heterocycles. The molecule has 0 bridgehead atoms. The Morgan fingerprint density at radius 2 is 2.00 bits per heavy atom. The molecule has 0 saturated carbocycles. The molecule has 16 heavy (non-hydrogen) atoms. The van der Waals surface area contributed by atoms with E-state index in [1.165, 1.54) is 0 Å². The second-order valence-electron chi connectivity index (χ2n) is 3.43. The van der Waals surface area contributed by atoms with Crippen molar-refractivity contribution in [3.05, 3.63) is 62.8 Å². The van der Waals surface area contributed by atoms with Gasteiger partial charge >= 0.3 is 0 Å². The molecule has 1 aromatic carbocycles. The van der Waals surface area contributed by atoms with Crippen molar-refractivity contribution in [1.82, 2.24) is 4.98 Å². The highest BCUT2D eigenvalue weighted by Gasteiger charge is 2.12. The lowest BCUT2D eigenvalue weighted by atomic mass is 10.0. The summed E-state index contributed by atoms with van der Waals surface area (Å²) in [5.74, 6) is 0. The van der Waals surface area contributed by atoms with Crippen molar-refractivity contribution in [3.63, 3.8) is 0 Å². The first-order valence-electron chi connectivity index (χ1n) is 4.79. The van der Waals surface area contributed by atoms with E-state index < -0.39 is 0 Å². The van der Waals surface area contributed by atoms with Gasteiger partial charge in [0.15, 0.2) is 0 Å². The van der Waals surface area contributed by atoms with Crippen LogP contribution in [0.1, 0.15) is 17.2 Å². The highest BCUT2D eigenvalue weighted by atomic mass is 79.9. The van der Waals surface area contributed by atoms with Crippen LogP contribution in [0.2, 0.25) is 0 Å². The Morgan fingerprint density at radius 1 is 1.19 bits per heavy atom. The number of hydrogen-bond donors (Lipinski definition) is 1. The summed E-state index contributed by atoms with van der Waals surface area (Å²) in [5.41, 5.74) is 8.24. The van der Waals surface area contributed by atoms with Gasteiger partial charge in [-0.2, -0.15) is 0 Å². The Morgan fingerprint density at radius 3 is 2.69 bits per heavy atom. The fourth-order valence-electron chi connectivity index (χ4n) is 1.49. The third kappa shape index (κ3) is 2.51. The quantitative estimate of drug-likeness (QED) is 0.905. The van der Waals surface area contributed by atoms with Crippen LogP contribution in [-0.4, -0.2) is 4.98 Å². The summed E-state index contributed by atoms with van der Waals surface area (Å²) >= 11 is 6.95. The molecule has 82 valence electrons. The van der Waals surface area contributed by atoms with Gasteiger partial charge in [0.05, 0.1) is 6.04 Å². The fourth-order valence-corrected chi connectivity index (χ4v) is 2.36. The van der Waals surface area contributed by atoms with Crippen molar-refractivity contribution >= 4 is 31.9 Å². The lowest BCUT2D eigenvalue weighted by Gasteiger charge is -2.14. The summed E-state index contributed by atoms with van der Waals surface area (Å²) in [7, 11) is 0. The number of hydrogen-bond acceptors (Lipinski definition) is 2. The van der Waals surface area contributed by atoms with E-state index in [0.29, 0.717) is 0 Å². The number of rotatable bonds is 2. The van der Waals surface area contributed by atoms with Crippen LogP contribution in [0.25, 0.3) is 0 Å². The van der Waals surface area contributed by atoms with E-state index >= 15 is 0 Å². The lowest BCUT2D eigenvalue weighted by Crippen LogP contribution is -2.12. The molecule has 2 rings (SSSR count). The zero-order valence-electron chi connectivity index (χ0n) is 8.40. The Bertz CT molecular complexity index is 486. The molecule has 0 saturated heterocycles. The third-order valence-electron chi connectivity index (χ3n) is 2.34. The van der Waals surface area contributed by atoms with Gasteiger partial charge < -0.3 is 5.73 Å². The van der Waals surface area contributed by atoms with Crippen molar-refractivity contribution in [2.24, 2.45) is 5.73 Å². The smallest absolute Gasteiger partial charge is 0.0578 e. The van der Waals surface area contributed by atoms with Gasteiger partial charge in [-0.3, -0.25) is 4.98 Å². The van der Waals surface area contributed by atoms with Crippen LogP contribution in [0.5, 0.6) is 0 Å². The molecule has 1 heterocycles. The van der Waals surface area contributed by atoms with Crippen LogP contribution in [0, 0.1) is 0 Å². The number of aromatic nitrogens is 1. The number of nitrogens with two attached hydrogens (primary N) is 1. The summed E-state index contributed by atoms with van der Waals surface area (Å²) in [4.78, 5) is 4.08. The molecule has 4 heteroatoms. The Balaban J connectivity index is 2.41. The molecule has 0 spiro atoms. The van der Waals surface area contributed by atoms with Crippen LogP contribution in [0.15, 0.2) is 51.7 Å². The van der Waals surface area contributed by atoms with Crippen molar-refractivity contribution in [3.8, 4) is 0 Å². The lowest BCUT2D eigenvalue weighted by molar-refractivity contribution is 0.857. The van der Waals surface area contributed by atoms with Crippen LogP contribution in [0.3, 0.4) is 0 Å². The van der Waals surface area contributed by atoms with E-state index in [0.717, 1.165) is 20.1 Å². The van der Waals surface area contributed by atoms with E-state index in [1.807, 2.05) is 30.3 Å². The molecular weight excluding hydrogens is 332 g/mol. The second kappa shape index (κ2) is 5.08. The molecular formula is C12H10Br2N2. The first-order chi connectivity index (χ1) is 7.68. The maximum Gasteiger partial charge on any atom is 0.0578 e. The standard InChI is InChI=1S/C12H10Br2N2/c13-9-3-4-11(14)10(6-9)12(15)8-2-1-5-16-7-8/h1-7,12H,15H2. The summed E-state index contributed by atoms with van der Waals surface area (Å²) in [5, 5.41) is 0. The second-order valence-corrected chi connectivity index (χ2v) is 5.20. The van der Waals surface area contributed by atoms with Gasteiger partial charge in [0.2, 0.25) is 0 Å². The van der Waals surface area contributed by atoms with Crippen LogP contribution in [0.4, 0.5) is 0 Å². The molecule has 0 fully saturated rings. The molecule has 2 aromatic rings. The third-order valence-corrected chi connectivity index (χ3v) is 3.55. The van der Waals surface area contributed by atoms with Crippen LogP contribution < -0.4 is 5.73 Å². The summed E-state index contributed by atoms with van der Waals surface area (Å²) < 4.78 is 2.03. The molecule has 2 nitrogen and oxygen atoms in total. The summed E-state index contributed by atoms with van der Waals surface area (Å²) in [6.07, 6.45) is 3.53. The Labute approximate surface area is 111 Å². The maximum atomic E-state index is 6.20. The zero-order valence-corrected chi connectivity index (χ0v) is 11.6. The SMILES string of the molecule is NC(c1cccnc1)c1cc(Br)ccc1Br. The van der Waals surface area contributed by atoms with Gasteiger partial charge in [0.25, 0.3) is 0 Å². The zero-order chi connectivity index (χ0) is 11.5. The highest BCUT2D eigenvalue weighted by molar-refractivity contribution is 9.11. The summed E-state index contributed by atoms with van der Waals surface area (Å²) in [6.45, 7) is 0. The highest BCUT2D eigenvalue weighted by Crippen LogP contribution is 2.29. The number of benzene rings is 1. The minimum Gasteiger partial charge on any atom is -0.320 e. The molecule has 0 aliphatic heterocycles. The Hall–Kier alpha value is -0.710. The molecule has 0 aliphatic carbocycles. The van der Waals surface area contributed by atoms with Crippen molar-refractivity contribution in [1.29, 1.82) is 0 Å². The number of pyridine rings is 1. The monoisotopic (exact) mass is 340 g/mol. The minimum absolute atomic E-state index is 0.166. The molecule has 1 unspecified atom stereocenters. The number of nitrogens with zero attached hydrogens (tertiary/aromatic N) is 1. The van der Waals surface area contributed by atoms with E-state index in [4.69, 9.17) is 5.73 Å². The van der Waals surface area contributed by atoms with Gasteiger partial charge in [-0.1, -0.05) is 37.9 Å². The van der Waals surface area contributed by atoms with E-state index in [9.17, 15) is 0 Å². The van der Waals surface area contributed by atoms with Gasteiger partial charge in [-0.05, 0) is 35.4 Å². The van der Waals surface area contributed by atoms with Crippen LogP contribution >= 0.6 is 31.9 Å². The molecule has 2 N–H and O–H groups in total. The molecule has 1 atom stereocenters. The molecule has 0 aliphatic rings. The number of halogens is 2. The largest absolute Gasteiger partial charge is 0.320 e. The topological polar surface area (TPSA) is 38.9 Å². The molecule has 0 amide bonds. The first kappa shape index (κ1) is 11.8. The Kier molecular flexibility index (Phi) is 3.74. The van der Waals surface area contributed by atoms with Gasteiger partial charge in [0.1, 0.15) is 0 Å². The van der Waals surface area contributed by atoms with Gasteiger partial charge in [-0.15, -0.1) is 0 Å². The predicted molar refractivity (Wildman–Crippen MR) is 72.1 cm³/mol. The van der Waals surface area contributed by atoms with Crippen LogP contribution in [-0.2, 0) is 0 Å². The summed E-state index contributed by atoms with van der Waals surface area (Å²) in [6, 6.07) is 9.67. The average Bonchev–Trinajstić information content (AvgIpc) is 2.32. The maximum absolute atomic E-state index is 6.20. The first-order valence-corrected chi connectivity index (χ1v) is 6.37. The minimum atomic E-state index is -0.166. The van der Waals surface area contributed by atoms with Crippen molar-refractivity contribution < 1.29 is 0 Å². The normalized spacial score (nSPS) is 12.4.